The number of ether oxygens (including phenoxy) is 1. The molecular weight excluding hydrogens is 268 g/mol. The largest absolute Gasteiger partial charge is 0.447 e. The van der Waals surface area contributed by atoms with E-state index in [1.54, 1.807) is 4.90 Å². The molecule has 6 nitrogen and oxygen atoms in total. The summed E-state index contributed by atoms with van der Waals surface area (Å²) >= 11 is 0. The van der Waals surface area contributed by atoms with Gasteiger partial charge in [-0.15, -0.1) is 0 Å². The van der Waals surface area contributed by atoms with Gasteiger partial charge in [0, 0.05) is 36.2 Å². The summed E-state index contributed by atoms with van der Waals surface area (Å²) in [5.74, 6) is 0. The van der Waals surface area contributed by atoms with E-state index in [9.17, 15) is 4.79 Å². The van der Waals surface area contributed by atoms with Crippen molar-refractivity contribution in [1.82, 2.24) is 9.78 Å². The number of cyclic esters (lactones) is 1. The predicted octanol–water partition coefficient (Wildman–Crippen LogP) is 2.30. The molecule has 0 spiro atoms. The first kappa shape index (κ1) is 13.5. The minimum Gasteiger partial charge on any atom is -0.447 e. The molecule has 6 heteroatoms. The summed E-state index contributed by atoms with van der Waals surface area (Å²) in [5, 5.41) is 7.59. The van der Waals surface area contributed by atoms with Gasteiger partial charge in [-0.3, -0.25) is 9.58 Å². The Morgan fingerprint density at radius 3 is 2.95 bits per heavy atom. The van der Waals surface area contributed by atoms with E-state index < -0.39 is 0 Å². The van der Waals surface area contributed by atoms with Gasteiger partial charge in [-0.05, 0) is 25.1 Å². The van der Waals surface area contributed by atoms with Crippen molar-refractivity contribution in [2.45, 2.75) is 13.5 Å². The van der Waals surface area contributed by atoms with Gasteiger partial charge in [-0.1, -0.05) is 6.07 Å². The van der Waals surface area contributed by atoms with Gasteiger partial charge in [0.1, 0.15) is 6.61 Å². The highest BCUT2D eigenvalue weighted by Crippen LogP contribution is 2.23. The van der Waals surface area contributed by atoms with Gasteiger partial charge >= 0.3 is 6.09 Å². The van der Waals surface area contributed by atoms with Crippen molar-refractivity contribution in [2.24, 2.45) is 7.05 Å². The lowest BCUT2D eigenvalue weighted by atomic mass is 10.2. The van der Waals surface area contributed by atoms with Crippen molar-refractivity contribution < 1.29 is 9.53 Å². The Bertz CT molecular complexity index is 665. The maximum Gasteiger partial charge on any atom is 0.414 e. The molecule has 1 N–H and O–H groups in total. The first-order chi connectivity index (χ1) is 10.1. The van der Waals surface area contributed by atoms with Gasteiger partial charge < -0.3 is 10.1 Å². The van der Waals surface area contributed by atoms with E-state index in [-0.39, 0.29) is 6.09 Å². The van der Waals surface area contributed by atoms with Gasteiger partial charge in [0.25, 0.3) is 0 Å². The number of rotatable bonds is 4. The van der Waals surface area contributed by atoms with Crippen LogP contribution in [-0.2, 0) is 18.3 Å². The summed E-state index contributed by atoms with van der Waals surface area (Å²) in [6.07, 6.45) is 1.58. The molecule has 1 aromatic carbocycles. The number of nitrogens with one attached hydrogen (secondary N) is 1. The fraction of sp³-hybridized carbons (Fsp3) is 0.333. The third-order valence-electron chi connectivity index (χ3n) is 3.74. The number of amides is 1. The van der Waals surface area contributed by atoms with Crippen molar-refractivity contribution in [1.29, 1.82) is 0 Å². The van der Waals surface area contributed by atoms with E-state index in [0.29, 0.717) is 19.7 Å². The van der Waals surface area contributed by atoms with Crippen molar-refractivity contribution in [3.05, 3.63) is 41.7 Å². The summed E-state index contributed by atoms with van der Waals surface area (Å²) in [5.41, 5.74) is 4.12. The second kappa shape index (κ2) is 5.47. The van der Waals surface area contributed by atoms with Crippen molar-refractivity contribution in [3.8, 4) is 0 Å². The normalized spacial score (nSPS) is 14.4. The summed E-state index contributed by atoms with van der Waals surface area (Å²) in [6.45, 7) is 3.80. The Balaban J connectivity index is 1.71. The number of anilines is 2. The zero-order chi connectivity index (χ0) is 14.8. The molecule has 1 aliphatic heterocycles. The van der Waals surface area contributed by atoms with E-state index in [4.69, 9.17) is 4.74 Å². The van der Waals surface area contributed by atoms with Crippen LogP contribution in [0.25, 0.3) is 0 Å². The fourth-order valence-corrected chi connectivity index (χ4v) is 2.33. The molecule has 110 valence electrons. The Kier molecular flexibility index (Phi) is 3.51. The van der Waals surface area contributed by atoms with Gasteiger partial charge in [0.2, 0.25) is 0 Å². The van der Waals surface area contributed by atoms with Crippen LogP contribution in [0, 0.1) is 6.92 Å². The minimum atomic E-state index is -0.282. The zero-order valence-corrected chi connectivity index (χ0v) is 12.2. The molecular formula is C15H18N4O2. The molecule has 3 rings (SSSR count). The molecule has 0 bridgehead atoms. The van der Waals surface area contributed by atoms with Gasteiger partial charge in [0.15, 0.2) is 0 Å². The van der Waals surface area contributed by atoms with Crippen LogP contribution in [-0.4, -0.2) is 29.0 Å². The number of aryl methyl sites for hydroxylation is 1. The molecule has 1 aliphatic rings. The lowest BCUT2D eigenvalue weighted by Gasteiger charge is -2.14. The Morgan fingerprint density at radius 2 is 2.29 bits per heavy atom. The average Bonchev–Trinajstić information content (AvgIpc) is 3.05. The first-order valence-electron chi connectivity index (χ1n) is 6.91. The zero-order valence-electron chi connectivity index (χ0n) is 12.2. The van der Waals surface area contributed by atoms with Gasteiger partial charge in [-0.25, -0.2) is 4.79 Å². The summed E-state index contributed by atoms with van der Waals surface area (Å²) in [7, 11) is 1.93. The molecule has 1 fully saturated rings. The van der Waals surface area contributed by atoms with Crippen LogP contribution < -0.4 is 10.2 Å². The first-order valence-corrected chi connectivity index (χ1v) is 6.91. The minimum absolute atomic E-state index is 0.282. The number of hydrogen-bond donors (Lipinski definition) is 1. The Labute approximate surface area is 123 Å². The van der Waals surface area contributed by atoms with E-state index in [0.717, 1.165) is 22.6 Å². The molecule has 2 aromatic rings. The summed E-state index contributed by atoms with van der Waals surface area (Å²) in [4.78, 5) is 13.2. The van der Waals surface area contributed by atoms with Crippen LogP contribution in [0.5, 0.6) is 0 Å². The molecule has 21 heavy (non-hydrogen) atoms. The molecule has 0 saturated carbocycles. The Morgan fingerprint density at radius 1 is 1.43 bits per heavy atom. The van der Waals surface area contributed by atoms with E-state index >= 15 is 0 Å². The lowest BCUT2D eigenvalue weighted by Crippen LogP contribution is -2.23. The average molecular weight is 286 g/mol. The van der Waals surface area contributed by atoms with Gasteiger partial charge in [0.05, 0.1) is 12.7 Å². The monoisotopic (exact) mass is 286 g/mol. The Hall–Kier alpha value is -2.50. The highest BCUT2D eigenvalue weighted by Gasteiger charge is 2.23. The van der Waals surface area contributed by atoms with Crippen LogP contribution in [0.3, 0.4) is 0 Å². The predicted molar refractivity (Wildman–Crippen MR) is 80.4 cm³/mol. The van der Waals surface area contributed by atoms with Crippen molar-refractivity contribution in [3.63, 3.8) is 0 Å². The SMILES string of the molecule is Cc1c(CNc2cccc(N3CCOC3=O)c2)cnn1C. The van der Waals surface area contributed by atoms with Crippen LogP contribution >= 0.6 is 0 Å². The maximum absolute atomic E-state index is 11.6. The standard InChI is InChI=1S/C15H18N4O2/c1-11-12(10-17-18(11)2)9-16-13-4-3-5-14(8-13)19-6-7-21-15(19)20/h3-5,8,10,16H,6-7,9H2,1-2H3. The van der Waals surface area contributed by atoms with Crippen LogP contribution in [0.1, 0.15) is 11.3 Å². The smallest absolute Gasteiger partial charge is 0.414 e. The fourth-order valence-electron chi connectivity index (χ4n) is 2.33. The molecule has 1 amide bonds. The number of carbonyl (C=O) groups is 1. The molecule has 2 heterocycles. The topological polar surface area (TPSA) is 59.4 Å². The van der Waals surface area contributed by atoms with Crippen LogP contribution in [0.15, 0.2) is 30.5 Å². The maximum atomic E-state index is 11.6. The second-order valence-corrected chi connectivity index (χ2v) is 5.05. The summed E-state index contributed by atoms with van der Waals surface area (Å²) < 4.78 is 6.82. The van der Waals surface area contributed by atoms with Crippen LogP contribution in [0.2, 0.25) is 0 Å². The number of nitrogens with zero attached hydrogens (tertiary/aromatic N) is 3. The molecule has 0 aliphatic carbocycles. The number of benzene rings is 1. The number of hydrogen-bond acceptors (Lipinski definition) is 4. The number of carbonyl (C=O) groups excluding carboxylic acids is 1. The highest BCUT2D eigenvalue weighted by atomic mass is 16.6. The quantitative estimate of drug-likeness (QED) is 0.937. The lowest BCUT2D eigenvalue weighted by molar-refractivity contribution is 0.181. The van der Waals surface area contributed by atoms with Crippen molar-refractivity contribution in [2.75, 3.05) is 23.4 Å². The van der Waals surface area contributed by atoms with E-state index in [2.05, 4.69) is 10.4 Å². The number of aromatic nitrogens is 2. The molecule has 1 saturated heterocycles. The highest BCUT2D eigenvalue weighted by molar-refractivity contribution is 5.89. The second-order valence-electron chi connectivity index (χ2n) is 5.05. The summed E-state index contributed by atoms with van der Waals surface area (Å²) in [6, 6.07) is 7.78. The molecule has 1 aromatic heterocycles. The van der Waals surface area contributed by atoms with Crippen molar-refractivity contribution >= 4 is 17.5 Å². The molecule has 0 atom stereocenters. The van der Waals surface area contributed by atoms with E-state index in [1.807, 2.05) is 49.1 Å². The third kappa shape index (κ3) is 2.69. The molecule has 0 radical (unpaired) electrons. The van der Waals surface area contributed by atoms with E-state index in [1.165, 1.54) is 0 Å². The third-order valence-corrected chi connectivity index (χ3v) is 3.74. The van der Waals surface area contributed by atoms with Gasteiger partial charge in [-0.2, -0.15) is 5.10 Å². The van der Waals surface area contributed by atoms with Crippen LogP contribution in [0.4, 0.5) is 16.2 Å². The molecule has 0 unspecified atom stereocenters.